The summed E-state index contributed by atoms with van der Waals surface area (Å²) in [5.41, 5.74) is 2.66. The van der Waals surface area contributed by atoms with Crippen molar-refractivity contribution >= 4 is 27.9 Å². The van der Waals surface area contributed by atoms with Crippen LogP contribution in [-0.2, 0) is 4.79 Å². The van der Waals surface area contributed by atoms with Crippen LogP contribution in [0.3, 0.4) is 0 Å². The van der Waals surface area contributed by atoms with Crippen LogP contribution in [0.2, 0.25) is 0 Å². The molecule has 0 aliphatic carbocycles. The minimum absolute atomic E-state index is 0.0236. The summed E-state index contributed by atoms with van der Waals surface area (Å²) in [6.07, 6.45) is 1.46. The molecule has 0 radical (unpaired) electrons. The van der Waals surface area contributed by atoms with E-state index in [2.05, 4.69) is 20.9 Å². The zero-order valence-corrected chi connectivity index (χ0v) is 15.0. The molecule has 2 N–H and O–H groups in total. The summed E-state index contributed by atoms with van der Waals surface area (Å²) in [5.74, 6) is 0.0616. The summed E-state index contributed by atoms with van der Waals surface area (Å²) in [5, 5.41) is 18.6. The molecule has 0 aliphatic rings. The number of ether oxygens (including phenoxy) is 1. The number of rotatable bonds is 6. The molecule has 2 rings (SSSR count). The minimum Gasteiger partial charge on any atom is -0.504 e. The number of phenols is 2. The van der Waals surface area contributed by atoms with E-state index in [1.54, 1.807) is 6.07 Å². The molecule has 0 fully saturated rings. The Labute approximate surface area is 148 Å². The molecule has 0 unspecified atom stereocenters. The van der Waals surface area contributed by atoms with Crippen LogP contribution < -0.4 is 4.74 Å². The van der Waals surface area contributed by atoms with Crippen LogP contribution in [0.1, 0.15) is 16.7 Å². The van der Waals surface area contributed by atoms with Gasteiger partial charge in [0.05, 0.1) is 4.47 Å². The maximum atomic E-state index is 11.9. The first-order valence-electron chi connectivity index (χ1n) is 7.30. The smallest absolute Gasteiger partial charge is 0.191 e. The number of aryl methyl sites for hydroxylation is 2. The summed E-state index contributed by atoms with van der Waals surface area (Å²) in [7, 11) is 0. The van der Waals surface area contributed by atoms with Crippen LogP contribution in [0.4, 0.5) is 0 Å². The molecule has 24 heavy (non-hydrogen) atoms. The van der Waals surface area contributed by atoms with E-state index in [4.69, 9.17) is 4.74 Å². The highest BCUT2D eigenvalue weighted by Crippen LogP contribution is 2.30. The van der Waals surface area contributed by atoms with Gasteiger partial charge in [-0.05, 0) is 70.7 Å². The van der Waals surface area contributed by atoms with Crippen molar-refractivity contribution in [1.29, 1.82) is 0 Å². The van der Waals surface area contributed by atoms with Gasteiger partial charge in [0, 0.05) is 6.21 Å². The van der Waals surface area contributed by atoms with E-state index in [-0.39, 0.29) is 30.4 Å². The highest BCUT2D eigenvalue weighted by Gasteiger charge is 2.09. The van der Waals surface area contributed by atoms with E-state index in [0.717, 1.165) is 15.6 Å². The van der Waals surface area contributed by atoms with Crippen LogP contribution in [0.5, 0.6) is 17.2 Å². The Morgan fingerprint density at radius 1 is 1.21 bits per heavy atom. The number of hydrogen-bond acceptors (Lipinski definition) is 5. The van der Waals surface area contributed by atoms with Crippen molar-refractivity contribution in [2.75, 3.05) is 13.2 Å². The number of aromatic hydroxyl groups is 2. The zero-order chi connectivity index (χ0) is 17.7. The van der Waals surface area contributed by atoms with Crippen LogP contribution in [-0.4, -0.2) is 35.4 Å². The third-order valence-electron chi connectivity index (χ3n) is 3.26. The van der Waals surface area contributed by atoms with Gasteiger partial charge in [-0.25, -0.2) is 0 Å². The van der Waals surface area contributed by atoms with Gasteiger partial charge in [-0.2, -0.15) is 0 Å². The number of hydrogen-bond donors (Lipinski definition) is 2. The molecule has 2 aromatic carbocycles. The molecule has 0 spiro atoms. The van der Waals surface area contributed by atoms with Crippen LogP contribution in [0, 0.1) is 13.8 Å². The molecule has 5 nitrogen and oxygen atoms in total. The first-order chi connectivity index (χ1) is 11.4. The minimum atomic E-state index is -0.228. The van der Waals surface area contributed by atoms with Gasteiger partial charge in [0.2, 0.25) is 0 Å². The number of carbonyl (C=O) groups excluding carboxylic acids is 1. The van der Waals surface area contributed by atoms with Gasteiger partial charge in [0.15, 0.2) is 17.3 Å². The topological polar surface area (TPSA) is 79.1 Å². The van der Waals surface area contributed by atoms with Crippen LogP contribution in [0.25, 0.3) is 0 Å². The molecule has 0 bridgehead atoms. The lowest BCUT2D eigenvalue weighted by atomic mass is 10.1. The highest BCUT2D eigenvalue weighted by atomic mass is 79.9. The fraction of sp³-hybridized carbons (Fsp3) is 0.222. The standard InChI is InChI=1S/C18H18BrNO4/c1-11-5-12(2)18(15(19)6-11)24-10-14(21)9-20-8-13-3-4-16(22)17(23)7-13/h3-8,22-23H,9-10H2,1-2H3. The Morgan fingerprint density at radius 3 is 2.62 bits per heavy atom. The van der Waals surface area contributed by atoms with Crippen LogP contribution >= 0.6 is 15.9 Å². The van der Waals surface area contributed by atoms with E-state index in [9.17, 15) is 15.0 Å². The van der Waals surface area contributed by atoms with E-state index >= 15 is 0 Å². The molecular weight excluding hydrogens is 374 g/mol. The van der Waals surface area contributed by atoms with E-state index in [1.807, 2.05) is 26.0 Å². The zero-order valence-electron chi connectivity index (χ0n) is 13.4. The third kappa shape index (κ3) is 4.83. The van der Waals surface area contributed by atoms with Crippen molar-refractivity contribution in [3.05, 3.63) is 51.5 Å². The SMILES string of the molecule is Cc1cc(C)c(OCC(=O)CN=Cc2ccc(O)c(O)c2)c(Br)c1. The number of aliphatic imine (C=N–C) groups is 1. The monoisotopic (exact) mass is 391 g/mol. The Kier molecular flexibility index (Phi) is 5.98. The lowest BCUT2D eigenvalue weighted by Gasteiger charge is -2.11. The average molecular weight is 392 g/mol. The second-order valence-corrected chi connectivity index (χ2v) is 6.29. The third-order valence-corrected chi connectivity index (χ3v) is 3.85. The number of nitrogens with zero attached hydrogens (tertiary/aromatic N) is 1. The van der Waals surface area contributed by atoms with Gasteiger partial charge in [-0.15, -0.1) is 0 Å². The summed E-state index contributed by atoms with van der Waals surface area (Å²) in [6.45, 7) is 3.82. The molecular formula is C18H18BrNO4. The fourth-order valence-corrected chi connectivity index (χ4v) is 2.95. The van der Waals surface area contributed by atoms with Gasteiger partial charge >= 0.3 is 0 Å². The fourth-order valence-electron chi connectivity index (χ4n) is 2.16. The lowest BCUT2D eigenvalue weighted by Crippen LogP contribution is -2.15. The number of carbonyl (C=O) groups is 1. The Morgan fingerprint density at radius 2 is 1.96 bits per heavy atom. The van der Waals surface area contributed by atoms with Crippen molar-refractivity contribution in [3.63, 3.8) is 0 Å². The first-order valence-corrected chi connectivity index (χ1v) is 8.09. The molecule has 0 atom stereocenters. The van der Waals surface area contributed by atoms with Gasteiger partial charge in [0.25, 0.3) is 0 Å². The predicted octanol–water partition coefficient (Wildman–Crippen LogP) is 3.54. The van der Waals surface area contributed by atoms with Gasteiger partial charge in [0.1, 0.15) is 18.9 Å². The Hall–Kier alpha value is -2.34. The highest BCUT2D eigenvalue weighted by molar-refractivity contribution is 9.10. The molecule has 126 valence electrons. The summed E-state index contributed by atoms with van der Waals surface area (Å²) >= 11 is 3.43. The number of benzene rings is 2. The molecule has 0 aromatic heterocycles. The molecule has 0 saturated carbocycles. The van der Waals surface area contributed by atoms with Crippen molar-refractivity contribution < 1.29 is 19.7 Å². The molecule has 6 heteroatoms. The average Bonchev–Trinajstić information content (AvgIpc) is 2.49. The molecule has 0 heterocycles. The predicted molar refractivity (Wildman–Crippen MR) is 96.4 cm³/mol. The van der Waals surface area contributed by atoms with Crippen molar-refractivity contribution in [3.8, 4) is 17.2 Å². The Bertz CT molecular complexity index is 764. The normalized spacial score (nSPS) is 11.0. The largest absolute Gasteiger partial charge is 0.504 e. The lowest BCUT2D eigenvalue weighted by molar-refractivity contribution is -0.119. The number of ketones is 1. The van der Waals surface area contributed by atoms with Crippen molar-refractivity contribution in [2.45, 2.75) is 13.8 Å². The maximum Gasteiger partial charge on any atom is 0.191 e. The summed E-state index contributed by atoms with van der Waals surface area (Å²) < 4.78 is 6.39. The summed E-state index contributed by atoms with van der Waals surface area (Å²) in [4.78, 5) is 15.9. The first kappa shape index (κ1) is 18.0. The van der Waals surface area contributed by atoms with Crippen molar-refractivity contribution in [1.82, 2.24) is 0 Å². The van der Waals surface area contributed by atoms with E-state index in [0.29, 0.717) is 11.3 Å². The number of Topliss-reactive ketones (excluding diaryl/α,β-unsaturated/α-hetero) is 1. The molecule has 0 amide bonds. The van der Waals surface area contributed by atoms with Gasteiger partial charge in [-0.3, -0.25) is 9.79 Å². The van der Waals surface area contributed by atoms with E-state index < -0.39 is 0 Å². The maximum absolute atomic E-state index is 11.9. The van der Waals surface area contributed by atoms with Gasteiger partial charge < -0.3 is 14.9 Å². The molecule has 0 aliphatic heterocycles. The van der Waals surface area contributed by atoms with E-state index in [1.165, 1.54) is 18.3 Å². The molecule has 0 saturated heterocycles. The van der Waals surface area contributed by atoms with Crippen molar-refractivity contribution in [2.24, 2.45) is 4.99 Å². The second-order valence-electron chi connectivity index (χ2n) is 5.44. The summed E-state index contributed by atoms with van der Waals surface area (Å²) in [6, 6.07) is 8.24. The number of phenolic OH excluding ortho intramolecular Hbond substituents is 2. The van der Waals surface area contributed by atoms with Crippen LogP contribution in [0.15, 0.2) is 39.8 Å². The Balaban J connectivity index is 1.90. The quantitative estimate of drug-likeness (QED) is 0.582. The molecule has 2 aromatic rings. The number of halogens is 1. The second kappa shape index (κ2) is 7.97. The van der Waals surface area contributed by atoms with Gasteiger partial charge in [-0.1, -0.05) is 6.07 Å².